The van der Waals surface area contributed by atoms with E-state index in [0.29, 0.717) is 16.8 Å². The first kappa shape index (κ1) is 18.8. The van der Waals surface area contributed by atoms with Crippen molar-refractivity contribution in [2.45, 2.75) is 6.54 Å². The van der Waals surface area contributed by atoms with Crippen LogP contribution in [0.3, 0.4) is 0 Å². The van der Waals surface area contributed by atoms with Crippen LogP contribution in [0, 0.1) is 5.82 Å². The Morgan fingerprint density at radius 2 is 1.52 bits per heavy atom. The minimum absolute atomic E-state index is 0.258. The number of halogens is 2. The first-order chi connectivity index (χ1) is 13.0. The first-order valence-electron chi connectivity index (χ1n) is 8.21. The van der Waals surface area contributed by atoms with Crippen LogP contribution < -0.4 is 10.6 Å². The number of para-hydroxylation sites is 1. The van der Waals surface area contributed by atoms with Crippen molar-refractivity contribution in [2.24, 2.45) is 0 Å². The summed E-state index contributed by atoms with van der Waals surface area (Å²) in [5.41, 5.74) is 2.04. The molecule has 4 nitrogen and oxygen atoms in total. The molecular weight excluding hydrogens is 411 g/mol. The third kappa shape index (κ3) is 5.01. The summed E-state index contributed by atoms with van der Waals surface area (Å²) >= 11 is 3.33. The predicted octanol–water partition coefficient (Wildman–Crippen LogP) is 4.77. The van der Waals surface area contributed by atoms with E-state index in [9.17, 15) is 14.0 Å². The van der Waals surface area contributed by atoms with Crippen molar-refractivity contribution in [3.8, 4) is 0 Å². The normalized spacial score (nSPS) is 10.3. The SMILES string of the molecule is O=C(Nc1ccccc1C(=O)NCc1ccc(F)cc1)c1ccc(Br)cc1. The van der Waals surface area contributed by atoms with Crippen molar-refractivity contribution in [3.05, 3.63) is 99.8 Å². The second-order valence-corrected chi connectivity index (χ2v) is 6.73. The van der Waals surface area contributed by atoms with Crippen LogP contribution in [0.5, 0.6) is 0 Å². The second-order valence-electron chi connectivity index (χ2n) is 5.82. The smallest absolute Gasteiger partial charge is 0.255 e. The highest BCUT2D eigenvalue weighted by atomic mass is 79.9. The number of hydrogen-bond donors (Lipinski definition) is 2. The summed E-state index contributed by atoms with van der Waals surface area (Å²) in [7, 11) is 0. The van der Waals surface area contributed by atoms with Crippen LogP contribution in [0.2, 0.25) is 0 Å². The molecule has 3 rings (SSSR count). The number of carbonyl (C=O) groups excluding carboxylic acids is 2. The van der Waals surface area contributed by atoms with Crippen molar-refractivity contribution in [1.29, 1.82) is 0 Å². The fraction of sp³-hybridized carbons (Fsp3) is 0.0476. The molecule has 136 valence electrons. The van der Waals surface area contributed by atoms with Crippen LogP contribution in [0.1, 0.15) is 26.3 Å². The Morgan fingerprint density at radius 1 is 0.852 bits per heavy atom. The molecule has 0 heterocycles. The molecule has 0 saturated carbocycles. The summed E-state index contributed by atoms with van der Waals surface area (Å²) in [6.45, 7) is 0.258. The van der Waals surface area contributed by atoms with Crippen molar-refractivity contribution in [1.82, 2.24) is 5.32 Å². The number of benzene rings is 3. The van der Waals surface area contributed by atoms with Gasteiger partial charge in [0, 0.05) is 16.6 Å². The van der Waals surface area contributed by atoms with Crippen LogP contribution in [-0.4, -0.2) is 11.8 Å². The average Bonchev–Trinajstić information content (AvgIpc) is 2.68. The molecular formula is C21H16BrFN2O2. The summed E-state index contributed by atoms with van der Waals surface area (Å²) in [6.07, 6.45) is 0. The Kier molecular flexibility index (Phi) is 5.98. The Labute approximate surface area is 164 Å². The fourth-order valence-corrected chi connectivity index (χ4v) is 2.73. The van der Waals surface area contributed by atoms with Gasteiger partial charge in [0.1, 0.15) is 5.82 Å². The Hall–Kier alpha value is -2.99. The first-order valence-corrected chi connectivity index (χ1v) is 9.01. The largest absolute Gasteiger partial charge is 0.348 e. The monoisotopic (exact) mass is 426 g/mol. The zero-order valence-electron chi connectivity index (χ0n) is 14.2. The van der Waals surface area contributed by atoms with Crippen molar-refractivity contribution in [2.75, 3.05) is 5.32 Å². The van der Waals surface area contributed by atoms with E-state index in [0.717, 1.165) is 10.0 Å². The molecule has 0 saturated heterocycles. The third-order valence-corrected chi connectivity index (χ3v) is 4.42. The van der Waals surface area contributed by atoms with E-state index in [1.54, 1.807) is 60.7 Å². The minimum atomic E-state index is -0.328. The van der Waals surface area contributed by atoms with Crippen LogP contribution in [0.25, 0.3) is 0 Å². The van der Waals surface area contributed by atoms with E-state index in [2.05, 4.69) is 26.6 Å². The van der Waals surface area contributed by atoms with E-state index < -0.39 is 0 Å². The van der Waals surface area contributed by atoms with E-state index in [1.807, 2.05) is 0 Å². The van der Waals surface area contributed by atoms with Crippen LogP contribution in [-0.2, 0) is 6.54 Å². The highest BCUT2D eigenvalue weighted by Gasteiger charge is 2.14. The molecule has 0 aromatic heterocycles. The Balaban J connectivity index is 1.70. The number of nitrogens with one attached hydrogen (secondary N) is 2. The van der Waals surface area contributed by atoms with Gasteiger partial charge in [-0.3, -0.25) is 9.59 Å². The summed E-state index contributed by atoms with van der Waals surface area (Å²) in [6, 6.07) is 19.6. The van der Waals surface area contributed by atoms with Gasteiger partial charge in [-0.05, 0) is 54.1 Å². The van der Waals surface area contributed by atoms with Gasteiger partial charge in [-0.15, -0.1) is 0 Å². The number of amides is 2. The molecule has 3 aromatic rings. The van der Waals surface area contributed by atoms with Crippen molar-refractivity contribution < 1.29 is 14.0 Å². The lowest BCUT2D eigenvalue weighted by Crippen LogP contribution is -2.24. The molecule has 0 fully saturated rings. The van der Waals surface area contributed by atoms with Gasteiger partial charge >= 0.3 is 0 Å². The summed E-state index contributed by atoms with van der Waals surface area (Å²) in [5, 5.41) is 5.54. The molecule has 27 heavy (non-hydrogen) atoms. The lowest BCUT2D eigenvalue weighted by molar-refractivity contribution is 0.0952. The van der Waals surface area contributed by atoms with Crippen LogP contribution in [0.15, 0.2) is 77.3 Å². The van der Waals surface area contributed by atoms with Gasteiger partial charge in [-0.2, -0.15) is 0 Å². The summed E-state index contributed by atoms with van der Waals surface area (Å²) < 4.78 is 13.8. The fourth-order valence-electron chi connectivity index (χ4n) is 2.47. The molecule has 0 radical (unpaired) electrons. The van der Waals surface area contributed by atoms with Gasteiger partial charge in [0.2, 0.25) is 0 Å². The molecule has 0 atom stereocenters. The van der Waals surface area contributed by atoms with Gasteiger partial charge in [0.15, 0.2) is 0 Å². The number of anilines is 1. The molecule has 3 aromatic carbocycles. The Bertz CT molecular complexity index is 957. The van der Waals surface area contributed by atoms with Gasteiger partial charge in [-0.25, -0.2) is 4.39 Å². The average molecular weight is 427 g/mol. The maximum absolute atomic E-state index is 13.0. The highest BCUT2D eigenvalue weighted by Crippen LogP contribution is 2.17. The molecule has 6 heteroatoms. The van der Waals surface area contributed by atoms with E-state index in [4.69, 9.17) is 0 Å². The molecule has 0 spiro atoms. The second kappa shape index (κ2) is 8.60. The standard InChI is InChI=1S/C21H16BrFN2O2/c22-16-9-7-15(8-10-16)20(26)25-19-4-2-1-3-18(19)21(27)24-13-14-5-11-17(23)12-6-14/h1-12H,13H2,(H,24,27)(H,25,26). The zero-order chi connectivity index (χ0) is 19.2. The quantitative estimate of drug-likeness (QED) is 0.617. The number of rotatable bonds is 5. The molecule has 0 unspecified atom stereocenters. The van der Waals surface area contributed by atoms with Crippen LogP contribution in [0.4, 0.5) is 10.1 Å². The molecule has 0 aliphatic rings. The third-order valence-electron chi connectivity index (χ3n) is 3.89. The molecule has 0 aliphatic carbocycles. The number of hydrogen-bond acceptors (Lipinski definition) is 2. The molecule has 0 aliphatic heterocycles. The van der Waals surface area contributed by atoms with Crippen molar-refractivity contribution >= 4 is 33.4 Å². The molecule has 2 N–H and O–H groups in total. The zero-order valence-corrected chi connectivity index (χ0v) is 15.8. The maximum Gasteiger partial charge on any atom is 0.255 e. The number of carbonyl (C=O) groups is 2. The van der Waals surface area contributed by atoms with Gasteiger partial charge in [0.05, 0.1) is 11.3 Å². The maximum atomic E-state index is 13.0. The lowest BCUT2D eigenvalue weighted by atomic mass is 10.1. The summed E-state index contributed by atoms with van der Waals surface area (Å²) in [4.78, 5) is 24.9. The topological polar surface area (TPSA) is 58.2 Å². The Morgan fingerprint density at radius 3 is 2.22 bits per heavy atom. The van der Waals surface area contributed by atoms with Crippen molar-refractivity contribution in [3.63, 3.8) is 0 Å². The summed E-state index contributed by atoms with van der Waals surface area (Å²) in [5.74, 6) is -0.960. The molecule has 2 amide bonds. The van der Waals surface area contributed by atoms with E-state index >= 15 is 0 Å². The van der Waals surface area contributed by atoms with E-state index in [1.165, 1.54) is 12.1 Å². The van der Waals surface area contributed by atoms with Gasteiger partial charge in [-0.1, -0.05) is 40.2 Å². The van der Waals surface area contributed by atoms with Gasteiger partial charge < -0.3 is 10.6 Å². The highest BCUT2D eigenvalue weighted by molar-refractivity contribution is 9.10. The van der Waals surface area contributed by atoms with E-state index in [-0.39, 0.29) is 24.2 Å². The molecule has 0 bridgehead atoms. The minimum Gasteiger partial charge on any atom is -0.348 e. The lowest BCUT2D eigenvalue weighted by Gasteiger charge is -2.12. The van der Waals surface area contributed by atoms with Gasteiger partial charge in [0.25, 0.3) is 11.8 Å². The predicted molar refractivity (Wildman–Crippen MR) is 106 cm³/mol. The van der Waals surface area contributed by atoms with Crippen LogP contribution >= 0.6 is 15.9 Å².